The summed E-state index contributed by atoms with van der Waals surface area (Å²) in [7, 11) is 0. The van der Waals surface area contributed by atoms with E-state index in [0.29, 0.717) is 4.60 Å². The van der Waals surface area contributed by atoms with Crippen molar-refractivity contribution in [1.82, 2.24) is 10.3 Å². The highest BCUT2D eigenvalue weighted by atomic mass is 79.9. The van der Waals surface area contributed by atoms with Crippen molar-refractivity contribution < 1.29 is 22.4 Å². The number of alkyl halides is 4. The van der Waals surface area contributed by atoms with Crippen LogP contribution in [-0.4, -0.2) is 29.8 Å². The first-order valence-corrected chi connectivity index (χ1v) is 5.18. The van der Waals surface area contributed by atoms with E-state index in [9.17, 15) is 22.4 Å². The number of nitrogens with zero attached hydrogens (tertiary/aromatic N) is 1. The van der Waals surface area contributed by atoms with Crippen LogP contribution >= 0.6 is 15.9 Å². The fraction of sp³-hybridized carbons (Fsp3) is 0.333. The van der Waals surface area contributed by atoms with Crippen LogP contribution in [0.3, 0.4) is 0 Å². The maximum absolute atomic E-state index is 12.5. The quantitative estimate of drug-likeness (QED) is 0.685. The van der Waals surface area contributed by atoms with Crippen LogP contribution in [0, 0.1) is 0 Å². The Balaban J connectivity index is 2.59. The van der Waals surface area contributed by atoms with Gasteiger partial charge in [-0.15, -0.1) is 0 Å². The molecule has 0 saturated heterocycles. The highest BCUT2D eigenvalue weighted by Gasteiger charge is 2.40. The predicted octanol–water partition coefficient (Wildman–Crippen LogP) is 2.47. The minimum atomic E-state index is -4.24. The van der Waals surface area contributed by atoms with Crippen LogP contribution in [0.25, 0.3) is 0 Å². The molecule has 3 nitrogen and oxygen atoms in total. The highest BCUT2D eigenvalue weighted by molar-refractivity contribution is 9.10. The average Bonchev–Trinajstić information content (AvgIpc) is 2.27. The first kappa shape index (κ1) is 13.9. The predicted molar refractivity (Wildman–Crippen MR) is 55.2 cm³/mol. The first-order chi connectivity index (χ1) is 7.83. The number of nitrogens with one attached hydrogen (secondary N) is 1. The lowest BCUT2D eigenvalue weighted by molar-refractivity contribution is -0.123. The van der Waals surface area contributed by atoms with Gasteiger partial charge in [0.05, 0.1) is 12.1 Å². The van der Waals surface area contributed by atoms with Crippen molar-refractivity contribution in [3.63, 3.8) is 0 Å². The smallest absolute Gasteiger partial charge is 0.324 e. The van der Waals surface area contributed by atoms with Crippen LogP contribution in [0.2, 0.25) is 0 Å². The molecule has 0 aliphatic rings. The van der Waals surface area contributed by atoms with Crippen molar-refractivity contribution in [3.8, 4) is 0 Å². The van der Waals surface area contributed by atoms with Gasteiger partial charge in [0.25, 0.3) is 5.91 Å². The molecule has 1 aromatic rings. The topological polar surface area (TPSA) is 42.0 Å². The van der Waals surface area contributed by atoms with E-state index in [1.54, 1.807) is 5.32 Å². The Hall–Kier alpha value is -1.18. The van der Waals surface area contributed by atoms with Gasteiger partial charge in [-0.25, -0.2) is 13.8 Å². The summed E-state index contributed by atoms with van der Waals surface area (Å²) in [6.45, 7) is -1.42. The van der Waals surface area contributed by atoms with Gasteiger partial charge in [0.1, 0.15) is 4.60 Å². The van der Waals surface area contributed by atoms with E-state index < -0.39 is 24.8 Å². The normalized spacial score (nSPS) is 11.6. The zero-order chi connectivity index (χ0) is 13.1. The standard InChI is InChI=1S/C9H7BrF4N2O/c10-6-2-1-5(3-15-6)7(17)16-4-9(13,14)8(11)12/h1-3,8H,4H2,(H,16,17). The summed E-state index contributed by atoms with van der Waals surface area (Å²) >= 11 is 3.02. The number of halogens is 5. The fourth-order valence-electron chi connectivity index (χ4n) is 0.887. The van der Waals surface area contributed by atoms with Crippen molar-refractivity contribution in [2.24, 2.45) is 0 Å². The molecule has 1 N–H and O–H groups in total. The number of carbonyl (C=O) groups is 1. The maximum Gasteiger partial charge on any atom is 0.324 e. The molecule has 0 bridgehead atoms. The molecule has 8 heteroatoms. The molecule has 0 unspecified atom stereocenters. The van der Waals surface area contributed by atoms with Crippen molar-refractivity contribution in [1.29, 1.82) is 0 Å². The number of aromatic nitrogens is 1. The Bertz CT molecular complexity index is 396. The fourth-order valence-corrected chi connectivity index (χ4v) is 1.12. The molecule has 1 rings (SSSR count). The Morgan fingerprint density at radius 3 is 2.59 bits per heavy atom. The van der Waals surface area contributed by atoms with Gasteiger partial charge >= 0.3 is 12.3 Å². The van der Waals surface area contributed by atoms with Crippen LogP contribution in [0.15, 0.2) is 22.9 Å². The first-order valence-electron chi connectivity index (χ1n) is 4.38. The molecule has 1 amide bonds. The van der Waals surface area contributed by atoms with Gasteiger partial charge in [0, 0.05) is 6.20 Å². The van der Waals surface area contributed by atoms with Gasteiger partial charge in [-0.2, -0.15) is 8.78 Å². The third kappa shape index (κ3) is 3.95. The summed E-state index contributed by atoms with van der Waals surface area (Å²) in [6, 6.07) is 2.76. The lowest BCUT2D eigenvalue weighted by Gasteiger charge is -2.15. The van der Waals surface area contributed by atoms with Crippen molar-refractivity contribution in [2.75, 3.05) is 6.54 Å². The molecule has 17 heavy (non-hydrogen) atoms. The number of hydrogen-bond donors (Lipinski definition) is 1. The summed E-state index contributed by atoms with van der Waals surface area (Å²) in [6.07, 6.45) is -2.68. The van der Waals surface area contributed by atoms with E-state index >= 15 is 0 Å². The second-order valence-corrected chi connectivity index (χ2v) is 3.93. The second kappa shape index (κ2) is 5.44. The van der Waals surface area contributed by atoms with Crippen LogP contribution in [0.5, 0.6) is 0 Å². The molecular weight excluding hydrogens is 308 g/mol. The molecule has 0 aliphatic heterocycles. The maximum atomic E-state index is 12.5. The zero-order valence-electron chi connectivity index (χ0n) is 8.26. The Morgan fingerprint density at radius 2 is 2.12 bits per heavy atom. The third-order valence-electron chi connectivity index (χ3n) is 1.79. The summed E-state index contributed by atoms with van der Waals surface area (Å²) in [4.78, 5) is 15.0. The van der Waals surface area contributed by atoms with E-state index in [4.69, 9.17) is 0 Å². The molecular formula is C9H7BrF4N2O. The van der Waals surface area contributed by atoms with Gasteiger partial charge in [-0.1, -0.05) is 0 Å². The van der Waals surface area contributed by atoms with Gasteiger partial charge in [0.15, 0.2) is 0 Å². The van der Waals surface area contributed by atoms with Crippen molar-refractivity contribution >= 4 is 21.8 Å². The molecule has 0 radical (unpaired) electrons. The van der Waals surface area contributed by atoms with E-state index in [1.165, 1.54) is 12.1 Å². The molecule has 1 heterocycles. The molecule has 0 fully saturated rings. The SMILES string of the molecule is O=C(NCC(F)(F)C(F)F)c1ccc(Br)nc1. The number of amides is 1. The molecule has 94 valence electrons. The molecule has 0 aliphatic carbocycles. The van der Waals surface area contributed by atoms with Gasteiger partial charge in [0.2, 0.25) is 0 Å². The Kier molecular flexibility index (Phi) is 4.44. The number of pyridine rings is 1. The van der Waals surface area contributed by atoms with E-state index in [2.05, 4.69) is 20.9 Å². The van der Waals surface area contributed by atoms with Crippen LogP contribution in [-0.2, 0) is 0 Å². The minimum absolute atomic E-state index is 0.0123. The monoisotopic (exact) mass is 314 g/mol. The molecule has 0 aromatic carbocycles. The number of carbonyl (C=O) groups excluding carboxylic acids is 1. The van der Waals surface area contributed by atoms with Crippen LogP contribution < -0.4 is 5.32 Å². The number of rotatable bonds is 4. The van der Waals surface area contributed by atoms with Crippen molar-refractivity contribution in [3.05, 3.63) is 28.5 Å². The van der Waals surface area contributed by atoms with E-state index in [-0.39, 0.29) is 5.56 Å². The third-order valence-corrected chi connectivity index (χ3v) is 2.26. The van der Waals surface area contributed by atoms with E-state index in [0.717, 1.165) is 6.20 Å². The van der Waals surface area contributed by atoms with E-state index in [1.807, 2.05) is 0 Å². The Morgan fingerprint density at radius 1 is 1.47 bits per heavy atom. The summed E-state index contributed by atoms with van der Waals surface area (Å²) in [5.74, 6) is -5.12. The molecule has 0 atom stereocenters. The molecule has 0 saturated carbocycles. The molecule has 0 spiro atoms. The molecule has 1 aromatic heterocycles. The van der Waals surface area contributed by atoms with Crippen molar-refractivity contribution in [2.45, 2.75) is 12.3 Å². The van der Waals surface area contributed by atoms with Gasteiger partial charge < -0.3 is 5.32 Å². The van der Waals surface area contributed by atoms with Crippen LogP contribution in [0.4, 0.5) is 17.6 Å². The largest absolute Gasteiger partial charge is 0.346 e. The highest BCUT2D eigenvalue weighted by Crippen LogP contribution is 2.21. The average molecular weight is 315 g/mol. The Labute approximate surface area is 102 Å². The number of hydrogen-bond acceptors (Lipinski definition) is 2. The lowest BCUT2D eigenvalue weighted by atomic mass is 10.2. The lowest BCUT2D eigenvalue weighted by Crippen LogP contribution is -2.41. The summed E-state index contributed by atoms with van der Waals surface area (Å²) < 4.78 is 49.1. The zero-order valence-corrected chi connectivity index (χ0v) is 9.85. The van der Waals surface area contributed by atoms with Gasteiger partial charge in [-0.3, -0.25) is 4.79 Å². The van der Waals surface area contributed by atoms with Gasteiger partial charge in [-0.05, 0) is 28.1 Å². The minimum Gasteiger partial charge on any atom is -0.346 e. The summed E-state index contributed by atoms with van der Waals surface area (Å²) in [5, 5.41) is 1.72. The van der Waals surface area contributed by atoms with Crippen LogP contribution in [0.1, 0.15) is 10.4 Å². The summed E-state index contributed by atoms with van der Waals surface area (Å²) in [5.41, 5.74) is 0.0123. The second-order valence-electron chi connectivity index (χ2n) is 3.11.